The van der Waals surface area contributed by atoms with E-state index in [1.54, 1.807) is 15.5 Å². The largest absolute Gasteiger partial charge is 0.294 e. The molecule has 2 aromatic carbocycles. The van der Waals surface area contributed by atoms with Crippen LogP contribution in [0.5, 0.6) is 0 Å². The van der Waals surface area contributed by atoms with Crippen LogP contribution in [-0.4, -0.2) is 46.5 Å². The van der Waals surface area contributed by atoms with Gasteiger partial charge in [-0.2, -0.15) is 0 Å². The molecule has 0 spiro atoms. The molecule has 1 saturated heterocycles. The van der Waals surface area contributed by atoms with Crippen molar-refractivity contribution in [2.75, 3.05) is 31.1 Å². The minimum absolute atomic E-state index is 0.0390. The Morgan fingerprint density at radius 1 is 0.935 bits per heavy atom. The van der Waals surface area contributed by atoms with E-state index in [-0.39, 0.29) is 11.5 Å². The van der Waals surface area contributed by atoms with Gasteiger partial charge >= 0.3 is 0 Å². The van der Waals surface area contributed by atoms with Gasteiger partial charge in [0.05, 0.1) is 17.4 Å². The molecular formula is C25H28N4O2. The van der Waals surface area contributed by atoms with Gasteiger partial charge in [-0.1, -0.05) is 42.5 Å². The van der Waals surface area contributed by atoms with Crippen molar-refractivity contribution in [3.05, 3.63) is 70.5 Å². The molecule has 0 atom stereocenters. The molecule has 1 amide bonds. The van der Waals surface area contributed by atoms with E-state index in [9.17, 15) is 9.59 Å². The first kappa shape index (κ1) is 19.9. The van der Waals surface area contributed by atoms with Crippen LogP contribution >= 0.6 is 0 Å². The molecule has 0 unspecified atom stereocenters. The zero-order valence-electron chi connectivity index (χ0n) is 17.7. The maximum Gasteiger partial charge on any atom is 0.262 e. The van der Waals surface area contributed by atoms with Crippen molar-refractivity contribution in [1.29, 1.82) is 0 Å². The molecule has 0 saturated carbocycles. The van der Waals surface area contributed by atoms with Gasteiger partial charge in [-0.25, -0.2) is 4.98 Å². The molecule has 5 rings (SSSR count). The van der Waals surface area contributed by atoms with E-state index < -0.39 is 0 Å². The summed E-state index contributed by atoms with van der Waals surface area (Å²) in [4.78, 5) is 34.7. The minimum Gasteiger partial charge on any atom is -0.294 e. The highest BCUT2D eigenvalue weighted by molar-refractivity contribution is 5.94. The highest BCUT2D eigenvalue weighted by atomic mass is 16.2. The highest BCUT2D eigenvalue weighted by Crippen LogP contribution is 2.23. The molecule has 160 valence electrons. The number of carbonyl (C=O) groups is 1. The van der Waals surface area contributed by atoms with Crippen molar-refractivity contribution < 1.29 is 4.79 Å². The number of rotatable bonds is 4. The maximum atomic E-state index is 13.2. The second-order valence-corrected chi connectivity index (χ2v) is 8.69. The molecule has 2 aliphatic heterocycles. The van der Waals surface area contributed by atoms with Gasteiger partial charge in [0.25, 0.3) is 5.56 Å². The van der Waals surface area contributed by atoms with Crippen molar-refractivity contribution in [3.8, 4) is 0 Å². The van der Waals surface area contributed by atoms with E-state index >= 15 is 0 Å². The van der Waals surface area contributed by atoms with E-state index in [0.29, 0.717) is 42.4 Å². The predicted octanol–water partition coefficient (Wildman–Crippen LogP) is 3.09. The number of piperidine rings is 1. The summed E-state index contributed by atoms with van der Waals surface area (Å²) < 4.78 is 1.66. The zero-order valence-corrected chi connectivity index (χ0v) is 17.7. The number of benzene rings is 2. The van der Waals surface area contributed by atoms with Crippen LogP contribution in [0, 0.1) is 5.92 Å². The number of anilines is 1. The number of hydrogen-bond acceptors (Lipinski definition) is 4. The lowest BCUT2D eigenvalue weighted by Gasteiger charge is -2.34. The van der Waals surface area contributed by atoms with Crippen LogP contribution in [0.1, 0.15) is 24.8 Å². The molecule has 0 radical (unpaired) electrons. The van der Waals surface area contributed by atoms with Gasteiger partial charge in [0.15, 0.2) is 0 Å². The quantitative estimate of drug-likeness (QED) is 0.656. The van der Waals surface area contributed by atoms with E-state index in [4.69, 9.17) is 0 Å². The normalized spacial score (nSPS) is 17.6. The summed E-state index contributed by atoms with van der Waals surface area (Å²) in [7, 11) is 0. The Morgan fingerprint density at radius 3 is 2.48 bits per heavy atom. The first-order valence-electron chi connectivity index (χ1n) is 11.3. The second kappa shape index (κ2) is 8.63. The fraction of sp³-hybridized carbons (Fsp3) is 0.400. The lowest BCUT2D eigenvalue weighted by Crippen LogP contribution is -2.48. The van der Waals surface area contributed by atoms with E-state index in [2.05, 4.69) is 40.2 Å². The Bertz CT molecular complexity index is 1130. The van der Waals surface area contributed by atoms with Crippen molar-refractivity contribution in [2.45, 2.75) is 32.2 Å². The molecule has 1 fully saturated rings. The SMILES string of the molecule is O=C(CN1CCC(Cc2ccccc2)CC1)N1CCCn2c1nc1ccccc1c2=O. The number of fused-ring (bicyclic) bond motifs is 2. The zero-order chi connectivity index (χ0) is 21.2. The van der Waals surface area contributed by atoms with Crippen LogP contribution in [0.25, 0.3) is 10.9 Å². The fourth-order valence-electron chi connectivity index (χ4n) is 4.86. The van der Waals surface area contributed by atoms with Crippen molar-refractivity contribution in [3.63, 3.8) is 0 Å². The van der Waals surface area contributed by atoms with Crippen molar-refractivity contribution >= 4 is 22.8 Å². The van der Waals surface area contributed by atoms with Gasteiger partial charge in [-0.05, 0) is 62.4 Å². The van der Waals surface area contributed by atoms with Crippen LogP contribution in [0.2, 0.25) is 0 Å². The van der Waals surface area contributed by atoms with Crippen LogP contribution in [0.3, 0.4) is 0 Å². The van der Waals surface area contributed by atoms with Crippen LogP contribution in [0.15, 0.2) is 59.4 Å². The summed E-state index contributed by atoms with van der Waals surface area (Å²) in [6.07, 6.45) is 4.11. The van der Waals surface area contributed by atoms with Gasteiger partial charge in [0.1, 0.15) is 0 Å². The third-order valence-electron chi connectivity index (χ3n) is 6.58. The summed E-state index contributed by atoms with van der Waals surface area (Å²) in [6.45, 7) is 3.50. The maximum absolute atomic E-state index is 13.2. The third-order valence-corrected chi connectivity index (χ3v) is 6.58. The lowest BCUT2D eigenvalue weighted by atomic mass is 9.90. The summed E-state index contributed by atoms with van der Waals surface area (Å²) in [6, 6.07) is 18.0. The number of para-hydroxylation sites is 1. The summed E-state index contributed by atoms with van der Waals surface area (Å²) >= 11 is 0. The van der Waals surface area contributed by atoms with Crippen molar-refractivity contribution in [2.24, 2.45) is 5.92 Å². The smallest absolute Gasteiger partial charge is 0.262 e. The standard InChI is InChI=1S/C25H28N4O2/c30-23(18-27-15-11-20(12-16-27)17-19-7-2-1-3-8-19)28-13-6-14-29-24(31)21-9-4-5-10-22(21)26-25(28)29/h1-5,7-10,20H,6,11-18H2. The molecule has 1 aromatic heterocycles. The summed E-state index contributed by atoms with van der Waals surface area (Å²) in [5, 5.41) is 0.612. The lowest BCUT2D eigenvalue weighted by molar-refractivity contribution is -0.120. The van der Waals surface area contributed by atoms with Crippen molar-refractivity contribution in [1.82, 2.24) is 14.5 Å². The number of aromatic nitrogens is 2. The fourth-order valence-corrected chi connectivity index (χ4v) is 4.86. The first-order chi connectivity index (χ1) is 15.2. The second-order valence-electron chi connectivity index (χ2n) is 8.69. The Kier molecular flexibility index (Phi) is 5.55. The highest BCUT2D eigenvalue weighted by Gasteiger charge is 2.28. The topological polar surface area (TPSA) is 58.4 Å². The van der Waals surface area contributed by atoms with Gasteiger partial charge < -0.3 is 0 Å². The third kappa shape index (κ3) is 4.12. The number of hydrogen-bond donors (Lipinski definition) is 0. The Hall–Kier alpha value is -2.99. The minimum atomic E-state index is -0.0557. The molecule has 3 aromatic rings. The van der Waals surface area contributed by atoms with Crippen LogP contribution in [-0.2, 0) is 17.8 Å². The van der Waals surface area contributed by atoms with E-state index in [1.165, 1.54) is 5.56 Å². The first-order valence-corrected chi connectivity index (χ1v) is 11.3. The Labute approximate surface area is 182 Å². The molecule has 6 nitrogen and oxygen atoms in total. The molecular weight excluding hydrogens is 388 g/mol. The summed E-state index contributed by atoms with van der Waals surface area (Å²) in [5.41, 5.74) is 1.99. The van der Waals surface area contributed by atoms with Gasteiger partial charge in [0.2, 0.25) is 11.9 Å². The monoisotopic (exact) mass is 416 g/mol. The van der Waals surface area contributed by atoms with E-state index in [1.807, 2.05) is 18.2 Å². The predicted molar refractivity (Wildman–Crippen MR) is 122 cm³/mol. The summed E-state index contributed by atoms with van der Waals surface area (Å²) in [5.74, 6) is 1.21. The average molecular weight is 417 g/mol. The molecule has 31 heavy (non-hydrogen) atoms. The van der Waals surface area contributed by atoms with Gasteiger partial charge in [-0.3, -0.25) is 24.0 Å². The molecule has 6 heteroatoms. The average Bonchev–Trinajstić information content (AvgIpc) is 2.81. The van der Waals surface area contributed by atoms with Gasteiger partial charge in [0, 0.05) is 13.1 Å². The molecule has 3 heterocycles. The Balaban J connectivity index is 1.26. The molecule has 0 aliphatic carbocycles. The number of likely N-dealkylation sites (tertiary alicyclic amines) is 1. The number of amides is 1. The number of carbonyl (C=O) groups excluding carboxylic acids is 1. The Morgan fingerprint density at radius 2 is 1.68 bits per heavy atom. The van der Waals surface area contributed by atoms with Crippen LogP contribution in [0.4, 0.5) is 5.95 Å². The van der Waals surface area contributed by atoms with Gasteiger partial charge in [-0.15, -0.1) is 0 Å². The molecule has 2 aliphatic rings. The van der Waals surface area contributed by atoms with Crippen LogP contribution < -0.4 is 10.5 Å². The molecule has 0 bridgehead atoms. The number of nitrogens with zero attached hydrogens (tertiary/aromatic N) is 4. The van der Waals surface area contributed by atoms with E-state index in [0.717, 1.165) is 38.8 Å². The molecule has 0 N–H and O–H groups in total.